The molecule has 0 aliphatic rings. The Labute approximate surface area is 132 Å². The molecule has 0 aliphatic heterocycles. The van der Waals surface area contributed by atoms with Crippen molar-refractivity contribution in [2.24, 2.45) is 0 Å². The summed E-state index contributed by atoms with van der Waals surface area (Å²) in [4.78, 5) is 15.2. The van der Waals surface area contributed by atoms with Crippen molar-refractivity contribution >= 4 is 28.4 Å². The number of carbonyl (C=O) groups excluding carboxylic acids is 1. The standard InChI is InChI=1S/C16H15ClN4O/c1-2-10-8-15-11(7-13(10)17)6-12(20-15)9-18-16(22)14-4-3-5-19-21-14/h3-8,20H,2,9H2,1H3,(H,18,22). The predicted octanol–water partition coefficient (Wildman–Crippen LogP) is 3.10. The Hall–Kier alpha value is -2.40. The second kappa shape index (κ2) is 6.15. The van der Waals surface area contributed by atoms with Crippen LogP contribution in [0.2, 0.25) is 5.02 Å². The molecule has 0 bridgehead atoms. The lowest BCUT2D eigenvalue weighted by molar-refractivity contribution is 0.0944. The number of aromatic amines is 1. The smallest absolute Gasteiger partial charge is 0.272 e. The van der Waals surface area contributed by atoms with Crippen LogP contribution in [0.3, 0.4) is 0 Å². The maximum atomic E-state index is 11.9. The zero-order chi connectivity index (χ0) is 15.5. The Balaban J connectivity index is 1.76. The van der Waals surface area contributed by atoms with E-state index in [2.05, 4.69) is 27.4 Å². The SMILES string of the molecule is CCc1cc2[nH]c(CNC(=O)c3cccnn3)cc2cc1Cl. The zero-order valence-corrected chi connectivity index (χ0v) is 12.8. The summed E-state index contributed by atoms with van der Waals surface area (Å²) in [5, 5.41) is 12.1. The fraction of sp³-hybridized carbons (Fsp3) is 0.188. The fourth-order valence-electron chi connectivity index (χ4n) is 2.31. The highest BCUT2D eigenvalue weighted by Gasteiger charge is 2.09. The van der Waals surface area contributed by atoms with Crippen LogP contribution in [0.4, 0.5) is 0 Å². The number of hydrogen-bond donors (Lipinski definition) is 2. The Kier molecular flexibility index (Phi) is 4.06. The van der Waals surface area contributed by atoms with Crippen molar-refractivity contribution in [3.63, 3.8) is 0 Å². The van der Waals surface area contributed by atoms with E-state index in [1.807, 2.05) is 18.2 Å². The van der Waals surface area contributed by atoms with Gasteiger partial charge in [0.1, 0.15) is 0 Å². The number of nitrogens with one attached hydrogen (secondary N) is 2. The predicted molar refractivity (Wildman–Crippen MR) is 85.9 cm³/mol. The van der Waals surface area contributed by atoms with Crippen molar-refractivity contribution in [1.29, 1.82) is 0 Å². The summed E-state index contributed by atoms with van der Waals surface area (Å²) >= 11 is 6.22. The third-order valence-corrected chi connectivity index (χ3v) is 3.82. The van der Waals surface area contributed by atoms with E-state index in [1.165, 1.54) is 6.20 Å². The van der Waals surface area contributed by atoms with Gasteiger partial charge in [-0.1, -0.05) is 18.5 Å². The number of H-pyrrole nitrogens is 1. The van der Waals surface area contributed by atoms with Gasteiger partial charge >= 0.3 is 0 Å². The topological polar surface area (TPSA) is 70.7 Å². The molecule has 1 aromatic carbocycles. The van der Waals surface area contributed by atoms with E-state index >= 15 is 0 Å². The largest absolute Gasteiger partial charge is 0.357 e. The number of hydrogen-bond acceptors (Lipinski definition) is 3. The van der Waals surface area contributed by atoms with Gasteiger partial charge in [0, 0.05) is 27.8 Å². The highest BCUT2D eigenvalue weighted by Crippen LogP contribution is 2.25. The molecule has 0 fully saturated rings. The molecule has 0 saturated carbocycles. The average molecular weight is 315 g/mol. The number of rotatable bonds is 4. The Morgan fingerprint density at radius 3 is 2.95 bits per heavy atom. The summed E-state index contributed by atoms with van der Waals surface area (Å²) in [6.07, 6.45) is 2.41. The van der Waals surface area contributed by atoms with Crippen LogP contribution < -0.4 is 5.32 Å². The van der Waals surface area contributed by atoms with Crippen molar-refractivity contribution in [3.8, 4) is 0 Å². The van der Waals surface area contributed by atoms with Crippen molar-refractivity contribution in [2.45, 2.75) is 19.9 Å². The van der Waals surface area contributed by atoms with Gasteiger partial charge in [-0.25, -0.2) is 0 Å². The molecule has 112 valence electrons. The van der Waals surface area contributed by atoms with Crippen molar-refractivity contribution < 1.29 is 4.79 Å². The number of nitrogens with zero attached hydrogens (tertiary/aromatic N) is 2. The van der Waals surface area contributed by atoms with Crippen LogP contribution in [-0.4, -0.2) is 21.1 Å². The monoisotopic (exact) mass is 314 g/mol. The molecule has 0 atom stereocenters. The molecule has 0 aliphatic carbocycles. The first-order chi connectivity index (χ1) is 10.7. The molecule has 3 rings (SSSR count). The molecule has 2 aromatic heterocycles. The summed E-state index contributed by atoms with van der Waals surface area (Å²) in [6.45, 7) is 2.46. The van der Waals surface area contributed by atoms with Crippen LogP contribution in [-0.2, 0) is 13.0 Å². The van der Waals surface area contributed by atoms with E-state index in [0.717, 1.165) is 33.6 Å². The number of fused-ring (bicyclic) bond motifs is 1. The van der Waals surface area contributed by atoms with Crippen LogP contribution in [0.5, 0.6) is 0 Å². The molecule has 22 heavy (non-hydrogen) atoms. The lowest BCUT2D eigenvalue weighted by Crippen LogP contribution is -2.24. The minimum absolute atomic E-state index is 0.251. The van der Waals surface area contributed by atoms with Crippen LogP contribution in [0.25, 0.3) is 10.9 Å². The van der Waals surface area contributed by atoms with E-state index in [9.17, 15) is 4.79 Å². The van der Waals surface area contributed by atoms with E-state index in [1.54, 1.807) is 12.1 Å². The first-order valence-corrected chi connectivity index (χ1v) is 7.41. The van der Waals surface area contributed by atoms with Gasteiger partial charge in [-0.15, -0.1) is 5.10 Å². The number of aromatic nitrogens is 3. The quantitative estimate of drug-likeness (QED) is 0.777. The van der Waals surface area contributed by atoms with Crippen molar-refractivity contribution in [1.82, 2.24) is 20.5 Å². The zero-order valence-electron chi connectivity index (χ0n) is 12.1. The van der Waals surface area contributed by atoms with Gasteiger partial charge in [0.25, 0.3) is 5.91 Å². The maximum absolute atomic E-state index is 11.9. The van der Waals surface area contributed by atoms with Gasteiger partial charge in [-0.2, -0.15) is 5.10 Å². The number of aryl methyl sites for hydroxylation is 1. The molecule has 1 amide bonds. The van der Waals surface area contributed by atoms with Gasteiger partial charge in [-0.3, -0.25) is 4.79 Å². The molecular formula is C16H15ClN4O. The van der Waals surface area contributed by atoms with E-state index in [-0.39, 0.29) is 5.91 Å². The minimum Gasteiger partial charge on any atom is -0.357 e. The van der Waals surface area contributed by atoms with Gasteiger partial charge < -0.3 is 10.3 Å². The van der Waals surface area contributed by atoms with Gasteiger partial charge in [0.05, 0.1) is 6.54 Å². The van der Waals surface area contributed by atoms with Gasteiger partial charge in [0.2, 0.25) is 0 Å². The molecule has 0 saturated heterocycles. The molecule has 6 heteroatoms. The summed E-state index contributed by atoms with van der Waals surface area (Å²) in [6, 6.07) is 9.28. The van der Waals surface area contributed by atoms with E-state index in [4.69, 9.17) is 11.6 Å². The Bertz CT molecular complexity index is 814. The lowest BCUT2D eigenvalue weighted by Gasteiger charge is -2.02. The third-order valence-electron chi connectivity index (χ3n) is 3.47. The molecule has 0 spiro atoms. The van der Waals surface area contributed by atoms with Gasteiger partial charge in [-0.05, 0) is 42.3 Å². The van der Waals surface area contributed by atoms with Crippen LogP contribution in [0.15, 0.2) is 36.5 Å². The normalized spacial score (nSPS) is 10.8. The van der Waals surface area contributed by atoms with Crippen LogP contribution in [0.1, 0.15) is 28.7 Å². The summed E-state index contributed by atoms with van der Waals surface area (Å²) in [5.41, 5.74) is 3.34. The van der Waals surface area contributed by atoms with Crippen LogP contribution in [0, 0.1) is 0 Å². The molecular weight excluding hydrogens is 300 g/mol. The molecule has 3 aromatic rings. The van der Waals surface area contributed by atoms with Gasteiger partial charge in [0.15, 0.2) is 5.69 Å². The first-order valence-electron chi connectivity index (χ1n) is 7.03. The highest BCUT2D eigenvalue weighted by atomic mass is 35.5. The molecule has 2 heterocycles. The van der Waals surface area contributed by atoms with E-state index in [0.29, 0.717) is 12.2 Å². The van der Waals surface area contributed by atoms with Crippen molar-refractivity contribution in [2.75, 3.05) is 0 Å². The van der Waals surface area contributed by atoms with Crippen LogP contribution >= 0.6 is 11.6 Å². The first kappa shape index (κ1) is 14.5. The van der Waals surface area contributed by atoms with E-state index < -0.39 is 0 Å². The average Bonchev–Trinajstić information content (AvgIpc) is 2.94. The molecule has 5 nitrogen and oxygen atoms in total. The summed E-state index contributed by atoms with van der Waals surface area (Å²) in [7, 11) is 0. The molecule has 2 N–H and O–H groups in total. The number of benzene rings is 1. The summed E-state index contributed by atoms with van der Waals surface area (Å²) in [5.74, 6) is -0.251. The van der Waals surface area contributed by atoms with Crippen molar-refractivity contribution in [3.05, 3.63) is 58.5 Å². The Morgan fingerprint density at radius 1 is 1.36 bits per heavy atom. The molecule has 0 radical (unpaired) electrons. The summed E-state index contributed by atoms with van der Waals surface area (Å²) < 4.78 is 0. The number of halogens is 1. The minimum atomic E-state index is -0.251. The molecule has 0 unspecified atom stereocenters. The number of amides is 1. The maximum Gasteiger partial charge on any atom is 0.272 e. The Morgan fingerprint density at radius 2 is 2.23 bits per heavy atom. The second-order valence-electron chi connectivity index (χ2n) is 4.97. The third kappa shape index (κ3) is 2.94. The highest BCUT2D eigenvalue weighted by molar-refractivity contribution is 6.32. The second-order valence-corrected chi connectivity index (χ2v) is 5.38. The number of carbonyl (C=O) groups is 1. The fourth-order valence-corrected chi connectivity index (χ4v) is 2.62. The lowest BCUT2D eigenvalue weighted by atomic mass is 10.1.